The van der Waals surface area contributed by atoms with Crippen LogP contribution in [0.1, 0.15) is 31.0 Å². The van der Waals surface area contributed by atoms with Crippen LogP contribution < -0.4 is 5.32 Å². The Morgan fingerprint density at radius 1 is 1.40 bits per heavy atom. The highest BCUT2D eigenvalue weighted by Gasteiger charge is 2.29. The molecular weight excluding hydrogens is 256 g/mol. The Labute approximate surface area is 114 Å². The second kappa shape index (κ2) is 4.29. The van der Waals surface area contributed by atoms with E-state index in [-0.39, 0.29) is 6.04 Å². The number of carbonyl (C=O) groups excluding carboxylic acids is 1. The third-order valence-corrected chi connectivity index (χ3v) is 4.07. The summed E-state index contributed by atoms with van der Waals surface area (Å²) in [4.78, 5) is 18.0. The van der Waals surface area contributed by atoms with E-state index in [1.54, 1.807) is 6.20 Å². The van der Waals surface area contributed by atoms with Gasteiger partial charge in [-0.05, 0) is 25.3 Å². The first-order valence-corrected chi connectivity index (χ1v) is 6.73. The lowest BCUT2D eigenvalue weighted by Crippen LogP contribution is -2.24. The van der Waals surface area contributed by atoms with E-state index in [0.717, 1.165) is 48.3 Å². The Kier molecular flexibility index (Phi) is 2.45. The van der Waals surface area contributed by atoms with Crippen LogP contribution in [0.5, 0.6) is 0 Å². The maximum absolute atomic E-state index is 10.5. The molecule has 2 N–H and O–H groups in total. The second-order valence-corrected chi connectivity index (χ2v) is 5.21. The maximum atomic E-state index is 10.5. The highest BCUT2D eigenvalue weighted by molar-refractivity contribution is 5.74. The summed E-state index contributed by atoms with van der Waals surface area (Å²) in [6.07, 6.45) is 7.29. The van der Waals surface area contributed by atoms with E-state index >= 15 is 0 Å². The monoisotopic (exact) mass is 270 g/mol. The molecule has 3 aromatic rings. The smallest absolute Gasteiger partial charge is 0.207 e. The van der Waals surface area contributed by atoms with E-state index < -0.39 is 0 Å². The lowest BCUT2D eigenvalue weighted by molar-refractivity contribution is -0.110. The number of amides is 1. The molecule has 2 atom stereocenters. The third-order valence-electron chi connectivity index (χ3n) is 4.07. The maximum Gasteiger partial charge on any atom is 0.207 e. The highest BCUT2D eigenvalue weighted by atomic mass is 16.1. The minimum absolute atomic E-state index is 0.244. The van der Waals surface area contributed by atoms with E-state index in [4.69, 9.17) is 0 Å². The molecule has 1 amide bonds. The van der Waals surface area contributed by atoms with Gasteiger partial charge in [0.25, 0.3) is 0 Å². The third kappa shape index (κ3) is 1.59. The molecule has 1 fully saturated rings. The number of H-pyrrole nitrogens is 1. The fourth-order valence-corrected chi connectivity index (χ4v) is 3.13. The van der Waals surface area contributed by atoms with Crippen molar-refractivity contribution in [2.75, 3.05) is 0 Å². The van der Waals surface area contributed by atoms with Crippen molar-refractivity contribution in [3.63, 3.8) is 0 Å². The Balaban J connectivity index is 1.80. The summed E-state index contributed by atoms with van der Waals surface area (Å²) in [5.74, 6) is 1.28. The summed E-state index contributed by atoms with van der Waals surface area (Å²) in [6, 6.07) is 2.23. The standard InChI is InChI=1S/C13H14N6O/c20-7-16-9-2-1-8(5-9)13-18-17-11-6-15-12-10(19(11)13)3-4-14-12/h3-4,6-9,14H,1-2,5H2,(H,16,20)/t8-,9+/m1/s1. The van der Waals surface area contributed by atoms with Crippen molar-refractivity contribution < 1.29 is 4.79 Å². The first-order chi connectivity index (χ1) is 9.86. The summed E-state index contributed by atoms with van der Waals surface area (Å²) in [5.41, 5.74) is 2.59. The lowest BCUT2D eigenvalue weighted by Gasteiger charge is -2.09. The Bertz CT molecular complexity index is 775. The average Bonchev–Trinajstić information content (AvgIpc) is 3.16. The summed E-state index contributed by atoms with van der Waals surface area (Å²) in [7, 11) is 0. The molecule has 0 aliphatic heterocycles. The van der Waals surface area contributed by atoms with E-state index in [1.807, 2.05) is 12.3 Å². The molecule has 0 spiro atoms. The largest absolute Gasteiger partial charge is 0.356 e. The van der Waals surface area contributed by atoms with Gasteiger partial charge < -0.3 is 10.3 Å². The van der Waals surface area contributed by atoms with Gasteiger partial charge in [-0.3, -0.25) is 9.20 Å². The zero-order chi connectivity index (χ0) is 13.5. The summed E-state index contributed by atoms with van der Waals surface area (Å²) >= 11 is 0. The molecule has 3 heterocycles. The van der Waals surface area contributed by atoms with Gasteiger partial charge in [-0.2, -0.15) is 0 Å². The van der Waals surface area contributed by atoms with Crippen LogP contribution in [0.3, 0.4) is 0 Å². The van der Waals surface area contributed by atoms with Crippen molar-refractivity contribution in [3.8, 4) is 0 Å². The first kappa shape index (κ1) is 11.4. The fraction of sp³-hybridized carbons (Fsp3) is 0.385. The Hall–Kier alpha value is -2.44. The molecule has 4 rings (SSSR count). The molecule has 1 saturated carbocycles. The Morgan fingerprint density at radius 3 is 3.25 bits per heavy atom. The van der Waals surface area contributed by atoms with E-state index in [2.05, 4.69) is 29.9 Å². The van der Waals surface area contributed by atoms with Crippen molar-refractivity contribution in [2.24, 2.45) is 0 Å². The topological polar surface area (TPSA) is 88.0 Å². The fourth-order valence-electron chi connectivity index (χ4n) is 3.13. The summed E-state index contributed by atoms with van der Waals surface area (Å²) < 4.78 is 2.06. The number of aromatic amines is 1. The van der Waals surface area contributed by atoms with Gasteiger partial charge >= 0.3 is 0 Å². The van der Waals surface area contributed by atoms with Crippen molar-refractivity contribution in [2.45, 2.75) is 31.2 Å². The predicted octanol–water partition coefficient (Wildman–Crippen LogP) is 0.988. The number of hydrogen-bond acceptors (Lipinski definition) is 4. The van der Waals surface area contributed by atoms with Crippen LogP contribution in [-0.2, 0) is 4.79 Å². The first-order valence-electron chi connectivity index (χ1n) is 6.73. The number of fused-ring (bicyclic) bond motifs is 3. The van der Waals surface area contributed by atoms with E-state index in [1.165, 1.54) is 0 Å². The van der Waals surface area contributed by atoms with Crippen LogP contribution >= 0.6 is 0 Å². The van der Waals surface area contributed by atoms with Gasteiger partial charge in [0, 0.05) is 18.2 Å². The zero-order valence-corrected chi connectivity index (χ0v) is 10.8. The van der Waals surface area contributed by atoms with Gasteiger partial charge in [0.2, 0.25) is 6.41 Å². The van der Waals surface area contributed by atoms with Gasteiger partial charge in [0.15, 0.2) is 11.3 Å². The molecule has 3 aromatic heterocycles. The lowest BCUT2D eigenvalue weighted by atomic mass is 10.1. The van der Waals surface area contributed by atoms with Gasteiger partial charge in [0.1, 0.15) is 5.82 Å². The number of hydrogen-bond donors (Lipinski definition) is 2. The number of rotatable bonds is 3. The molecular formula is C13H14N6O. The van der Waals surface area contributed by atoms with E-state index in [9.17, 15) is 4.79 Å². The van der Waals surface area contributed by atoms with Crippen LogP contribution in [0.15, 0.2) is 18.5 Å². The molecule has 1 aliphatic rings. The molecule has 0 bridgehead atoms. The molecule has 0 radical (unpaired) electrons. The second-order valence-electron chi connectivity index (χ2n) is 5.21. The number of nitrogens with one attached hydrogen (secondary N) is 2. The minimum Gasteiger partial charge on any atom is -0.356 e. The number of nitrogens with zero attached hydrogens (tertiary/aromatic N) is 4. The normalized spacial score (nSPS) is 22.6. The zero-order valence-electron chi connectivity index (χ0n) is 10.8. The molecule has 20 heavy (non-hydrogen) atoms. The van der Waals surface area contributed by atoms with Crippen molar-refractivity contribution in [1.82, 2.24) is 29.9 Å². The van der Waals surface area contributed by atoms with E-state index in [0.29, 0.717) is 5.92 Å². The van der Waals surface area contributed by atoms with Crippen LogP contribution in [0, 0.1) is 0 Å². The van der Waals surface area contributed by atoms with Crippen LogP contribution in [0.4, 0.5) is 0 Å². The number of aromatic nitrogens is 5. The Morgan fingerprint density at radius 2 is 2.35 bits per heavy atom. The molecule has 7 nitrogen and oxygen atoms in total. The van der Waals surface area contributed by atoms with Crippen molar-refractivity contribution in [1.29, 1.82) is 0 Å². The van der Waals surface area contributed by atoms with Gasteiger partial charge in [-0.15, -0.1) is 10.2 Å². The molecule has 1 aliphatic carbocycles. The van der Waals surface area contributed by atoms with Crippen molar-refractivity contribution >= 4 is 23.2 Å². The van der Waals surface area contributed by atoms with Gasteiger partial charge in [0.05, 0.1) is 11.7 Å². The summed E-state index contributed by atoms with van der Waals surface area (Å²) in [5, 5.41) is 11.4. The molecule has 0 saturated heterocycles. The summed E-state index contributed by atoms with van der Waals surface area (Å²) in [6.45, 7) is 0. The molecule has 102 valence electrons. The van der Waals surface area contributed by atoms with Gasteiger partial charge in [-0.25, -0.2) is 4.98 Å². The predicted molar refractivity (Wildman–Crippen MR) is 72.2 cm³/mol. The molecule has 0 aromatic carbocycles. The van der Waals surface area contributed by atoms with Gasteiger partial charge in [-0.1, -0.05) is 0 Å². The highest BCUT2D eigenvalue weighted by Crippen LogP contribution is 2.34. The van der Waals surface area contributed by atoms with Crippen LogP contribution in [-0.4, -0.2) is 37.0 Å². The van der Waals surface area contributed by atoms with Crippen LogP contribution in [0.25, 0.3) is 16.8 Å². The average molecular weight is 270 g/mol. The molecule has 0 unspecified atom stereocenters. The minimum atomic E-state index is 0.244. The van der Waals surface area contributed by atoms with Crippen LogP contribution in [0.2, 0.25) is 0 Å². The number of carbonyl (C=O) groups is 1. The quantitative estimate of drug-likeness (QED) is 0.695. The van der Waals surface area contributed by atoms with Crippen molar-refractivity contribution in [3.05, 3.63) is 24.3 Å². The molecule has 7 heteroatoms. The SMILES string of the molecule is O=CN[C@H]1CC[C@@H](c2nnc3cnc4[nH]ccc4n23)C1.